The molecule has 1 saturated heterocycles. The molecule has 0 bridgehead atoms. The van der Waals surface area contributed by atoms with Gasteiger partial charge in [-0.3, -0.25) is 0 Å². The van der Waals surface area contributed by atoms with Crippen LogP contribution < -0.4 is 21.7 Å². The van der Waals surface area contributed by atoms with E-state index in [9.17, 15) is 0 Å². The minimum atomic E-state index is 0.250. The molecule has 1 fully saturated rings. The van der Waals surface area contributed by atoms with Crippen LogP contribution in [0, 0.1) is 0 Å². The highest BCUT2D eigenvalue weighted by atomic mass is 16.5. The van der Waals surface area contributed by atoms with E-state index < -0.39 is 0 Å². The number of nitrogens with zero attached hydrogens (tertiary/aromatic N) is 3. The van der Waals surface area contributed by atoms with Gasteiger partial charge in [0.05, 0.1) is 25.8 Å². The van der Waals surface area contributed by atoms with Crippen LogP contribution in [0.5, 0.6) is 0 Å². The van der Waals surface area contributed by atoms with Crippen LogP contribution in [0.4, 0.5) is 11.8 Å². The number of nitrogens with two attached hydrogens (primary N) is 1. The van der Waals surface area contributed by atoms with Gasteiger partial charge in [0.25, 0.3) is 0 Å². The summed E-state index contributed by atoms with van der Waals surface area (Å²) in [7, 11) is 1.71. The van der Waals surface area contributed by atoms with E-state index in [0.717, 1.165) is 91.3 Å². The molecule has 10 nitrogen and oxygen atoms in total. The van der Waals surface area contributed by atoms with Gasteiger partial charge in [-0.15, -0.1) is 0 Å². The molecule has 6 N–H and O–H groups in total. The van der Waals surface area contributed by atoms with Crippen LogP contribution in [0.2, 0.25) is 0 Å². The van der Waals surface area contributed by atoms with Crippen molar-refractivity contribution in [3.05, 3.63) is 47.4 Å². The predicted molar refractivity (Wildman–Crippen MR) is 153 cm³/mol. The summed E-state index contributed by atoms with van der Waals surface area (Å²) in [6.07, 6.45) is 5.47. The van der Waals surface area contributed by atoms with E-state index in [1.54, 1.807) is 14.0 Å². The van der Waals surface area contributed by atoms with Gasteiger partial charge in [0.1, 0.15) is 11.0 Å². The maximum Gasteiger partial charge on any atom is 0.222 e. The molecule has 0 aliphatic carbocycles. The molecule has 4 heterocycles. The minimum Gasteiger partial charge on any atom is -0.482 e. The topological polar surface area (TPSA) is 132 Å². The van der Waals surface area contributed by atoms with Gasteiger partial charge in [0.2, 0.25) is 5.95 Å². The quantitative estimate of drug-likeness (QED) is 0.254. The Morgan fingerprint density at radius 2 is 2.08 bits per heavy atom. The molecule has 1 atom stereocenters. The number of anilines is 2. The molecule has 1 unspecified atom stereocenters. The number of ether oxygens (including phenoxy) is 2. The number of benzene rings is 1. The van der Waals surface area contributed by atoms with Crippen LogP contribution in [0.15, 0.2) is 47.4 Å². The van der Waals surface area contributed by atoms with Crippen molar-refractivity contribution in [3.8, 4) is 0 Å². The summed E-state index contributed by atoms with van der Waals surface area (Å²) in [5, 5.41) is 19.2. The summed E-state index contributed by atoms with van der Waals surface area (Å²) in [4.78, 5) is 9.22. The number of hydrogen-bond acceptors (Lipinski definition) is 9. The molecule has 38 heavy (non-hydrogen) atoms. The molecule has 2 aliphatic heterocycles. The molecule has 0 spiro atoms. The lowest BCUT2D eigenvalue weighted by molar-refractivity contribution is 0.190. The summed E-state index contributed by atoms with van der Waals surface area (Å²) < 4.78 is 13.5. The van der Waals surface area contributed by atoms with Crippen LogP contribution in [0.3, 0.4) is 0 Å². The van der Waals surface area contributed by atoms with E-state index >= 15 is 0 Å². The SMILES string of the molecule is CCCCNc1nc(N)nc2c3ccccc3n(CC3=C(OC)NCC(CNC4CCOC4)=C3)c12.CCO. The maximum atomic E-state index is 7.57. The second kappa shape index (κ2) is 13.5. The highest BCUT2D eigenvalue weighted by Gasteiger charge is 2.22. The minimum absolute atomic E-state index is 0.250. The second-order valence-corrected chi connectivity index (χ2v) is 9.48. The van der Waals surface area contributed by atoms with Crippen molar-refractivity contribution >= 4 is 33.7 Å². The number of nitrogen functional groups attached to an aromatic ring is 1. The third-order valence-electron chi connectivity index (χ3n) is 6.67. The number of aromatic nitrogens is 3. The lowest BCUT2D eigenvalue weighted by Gasteiger charge is -2.23. The van der Waals surface area contributed by atoms with E-state index in [1.807, 2.05) is 6.07 Å². The number of aliphatic hydroxyl groups excluding tert-OH is 1. The average molecular weight is 524 g/mol. The molecule has 2 aliphatic rings. The number of unbranched alkanes of at least 4 members (excludes halogenated alkanes) is 1. The predicted octanol–water partition coefficient (Wildman–Crippen LogP) is 3.14. The van der Waals surface area contributed by atoms with Crippen LogP contribution in [-0.4, -0.2) is 72.2 Å². The van der Waals surface area contributed by atoms with Crippen molar-refractivity contribution in [2.75, 3.05) is 57.6 Å². The van der Waals surface area contributed by atoms with Crippen molar-refractivity contribution in [1.29, 1.82) is 0 Å². The van der Waals surface area contributed by atoms with E-state index in [1.165, 1.54) is 5.57 Å². The lowest BCUT2D eigenvalue weighted by Crippen LogP contribution is -2.35. The fraction of sp³-hybridized carbons (Fsp3) is 0.500. The Bertz CT molecular complexity index is 1280. The zero-order valence-corrected chi connectivity index (χ0v) is 22.7. The zero-order chi connectivity index (χ0) is 26.9. The molecule has 10 heteroatoms. The summed E-state index contributed by atoms with van der Waals surface area (Å²) in [6.45, 7) is 8.75. The molecule has 0 radical (unpaired) electrons. The molecule has 5 rings (SSSR count). The number of rotatable bonds is 10. The molecule has 206 valence electrons. The first-order chi connectivity index (χ1) is 18.6. The van der Waals surface area contributed by atoms with E-state index in [0.29, 0.717) is 12.6 Å². The maximum absolute atomic E-state index is 7.57. The van der Waals surface area contributed by atoms with Crippen LogP contribution in [0.25, 0.3) is 21.9 Å². The molecule has 0 saturated carbocycles. The van der Waals surface area contributed by atoms with Crippen LogP contribution in [0.1, 0.15) is 33.1 Å². The van der Waals surface area contributed by atoms with Gasteiger partial charge < -0.3 is 40.8 Å². The summed E-state index contributed by atoms with van der Waals surface area (Å²) >= 11 is 0. The van der Waals surface area contributed by atoms with Crippen molar-refractivity contribution in [2.24, 2.45) is 0 Å². The standard InChI is InChI=1S/C26H35N7O2.C2H6O/c1-3-4-10-28-24-23-22(31-26(27)32-24)20-7-5-6-8-21(20)33(23)15-18-12-17(14-30-25(18)34-2)13-29-19-9-11-35-16-19;1-2-3/h5-8,12,19,29-30H,3-4,9-11,13-16H2,1-2H3,(H3,27,28,31,32);3H,2H2,1H3. The Morgan fingerprint density at radius 3 is 2.82 bits per heavy atom. The molecular formula is C28H41N7O3. The number of hydrogen-bond donors (Lipinski definition) is 5. The van der Waals surface area contributed by atoms with Crippen molar-refractivity contribution in [2.45, 2.75) is 45.7 Å². The Morgan fingerprint density at radius 1 is 1.26 bits per heavy atom. The van der Waals surface area contributed by atoms with Gasteiger partial charge in [-0.1, -0.05) is 31.5 Å². The first-order valence-electron chi connectivity index (χ1n) is 13.5. The number of methoxy groups -OCH3 is 1. The van der Waals surface area contributed by atoms with Gasteiger partial charge in [-0.05, 0) is 37.5 Å². The third-order valence-corrected chi connectivity index (χ3v) is 6.67. The zero-order valence-electron chi connectivity index (χ0n) is 22.7. The normalized spacial score (nSPS) is 17.3. The lowest BCUT2D eigenvalue weighted by atomic mass is 10.1. The Labute approximate surface area is 224 Å². The average Bonchev–Trinajstić information content (AvgIpc) is 3.55. The highest BCUT2D eigenvalue weighted by Crippen LogP contribution is 2.33. The van der Waals surface area contributed by atoms with Gasteiger partial charge in [-0.25, -0.2) is 4.98 Å². The van der Waals surface area contributed by atoms with Crippen molar-refractivity contribution in [3.63, 3.8) is 0 Å². The number of fused-ring (bicyclic) bond motifs is 3. The van der Waals surface area contributed by atoms with Crippen LogP contribution >= 0.6 is 0 Å². The Kier molecular flexibility index (Phi) is 9.80. The fourth-order valence-electron chi connectivity index (χ4n) is 4.86. The molecule has 2 aromatic heterocycles. The highest BCUT2D eigenvalue weighted by molar-refractivity contribution is 6.09. The monoisotopic (exact) mass is 523 g/mol. The molecular weight excluding hydrogens is 482 g/mol. The fourth-order valence-corrected chi connectivity index (χ4v) is 4.86. The Balaban J connectivity index is 0.00000107. The first kappa shape index (κ1) is 27.7. The van der Waals surface area contributed by atoms with Gasteiger partial charge >= 0.3 is 0 Å². The van der Waals surface area contributed by atoms with E-state index in [-0.39, 0.29) is 12.6 Å². The van der Waals surface area contributed by atoms with Gasteiger partial charge in [0, 0.05) is 49.8 Å². The van der Waals surface area contributed by atoms with Crippen LogP contribution in [-0.2, 0) is 16.0 Å². The van der Waals surface area contributed by atoms with Gasteiger partial charge in [0.15, 0.2) is 11.7 Å². The van der Waals surface area contributed by atoms with Crippen molar-refractivity contribution in [1.82, 2.24) is 25.2 Å². The number of para-hydroxylation sites is 1. The van der Waals surface area contributed by atoms with E-state index in [4.69, 9.17) is 20.3 Å². The first-order valence-corrected chi connectivity index (χ1v) is 13.5. The number of allylic oxidation sites excluding steroid dienone is 2. The third kappa shape index (κ3) is 6.38. The summed E-state index contributed by atoms with van der Waals surface area (Å²) in [5.41, 5.74) is 11.4. The largest absolute Gasteiger partial charge is 0.482 e. The summed E-state index contributed by atoms with van der Waals surface area (Å²) in [6, 6.07) is 8.73. The molecule has 0 amide bonds. The second-order valence-electron chi connectivity index (χ2n) is 9.48. The number of aliphatic hydroxyl groups is 1. The molecule has 1 aromatic carbocycles. The summed E-state index contributed by atoms with van der Waals surface area (Å²) in [5.74, 6) is 1.84. The Hall–Kier alpha value is -3.34. The van der Waals surface area contributed by atoms with E-state index in [2.05, 4.69) is 61.7 Å². The van der Waals surface area contributed by atoms with Crippen molar-refractivity contribution < 1.29 is 14.6 Å². The number of nitrogens with one attached hydrogen (secondary N) is 3. The van der Waals surface area contributed by atoms with Gasteiger partial charge in [-0.2, -0.15) is 4.98 Å². The number of dihydropyridines is 1. The molecule has 3 aromatic rings. The smallest absolute Gasteiger partial charge is 0.222 e.